The summed E-state index contributed by atoms with van der Waals surface area (Å²) >= 11 is 0. The van der Waals surface area contributed by atoms with E-state index in [4.69, 9.17) is 0 Å². The van der Waals surface area contributed by atoms with E-state index in [1.807, 2.05) is 0 Å². The van der Waals surface area contributed by atoms with Crippen molar-refractivity contribution in [3.63, 3.8) is 0 Å². The monoisotopic (exact) mass is 266 g/mol. The molecular weight excluding hydrogens is 244 g/mol. The first-order valence-electron chi connectivity index (χ1n) is 7.21. The van der Waals surface area contributed by atoms with Crippen molar-refractivity contribution in [1.29, 1.82) is 0 Å². The number of carbonyl (C=O) groups is 1. The molecule has 0 aliphatic rings. The van der Waals surface area contributed by atoms with Gasteiger partial charge in [0.15, 0.2) is 0 Å². The minimum absolute atomic E-state index is 0.0528. The summed E-state index contributed by atoms with van der Waals surface area (Å²) in [6.07, 6.45) is 4.82. The lowest BCUT2D eigenvalue weighted by Crippen LogP contribution is -2.12. The molecule has 20 heavy (non-hydrogen) atoms. The van der Waals surface area contributed by atoms with Crippen LogP contribution in [0.4, 0.5) is 0 Å². The Kier molecular flexibility index (Phi) is 4.39. The lowest BCUT2D eigenvalue weighted by atomic mass is 9.81. The average molecular weight is 266 g/mol. The van der Waals surface area contributed by atoms with Crippen LogP contribution >= 0.6 is 0 Å². The van der Waals surface area contributed by atoms with Gasteiger partial charge in [-0.25, -0.2) is 0 Å². The lowest BCUT2D eigenvalue weighted by Gasteiger charge is -2.23. The van der Waals surface area contributed by atoms with Crippen LogP contribution in [-0.4, -0.2) is 6.29 Å². The molecule has 2 aromatic carbocycles. The highest BCUT2D eigenvalue weighted by atomic mass is 16.1. The smallest absolute Gasteiger partial charge is 0.120 e. The highest BCUT2D eigenvalue weighted by Gasteiger charge is 2.19. The zero-order valence-corrected chi connectivity index (χ0v) is 12.5. The molecule has 2 aromatic rings. The van der Waals surface area contributed by atoms with E-state index < -0.39 is 0 Å². The Hall–Kier alpha value is -1.89. The fourth-order valence-electron chi connectivity index (χ4n) is 2.67. The molecule has 1 atom stereocenters. The Morgan fingerprint density at radius 2 is 1.85 bits per heavy atom. The minimum Gasteiger partial charge on any atom is -0.303 e. The number of hydrogen-bond acceptors (Lipinski definition) is 1. The predicted molar refractivity (Wildman–Crippen MR) is 86.7 cm³/mol. The molecule has 104 valence electrons. The molecule has 0 fully saturated rings. The fraction of sp³-hybridized carbons (Fsp3) is 0.316. The Bertz CT molecular complexity index is 634. The quantitative estimate of drug-likeness (QED) is 0.676. The summed E-state index contributed by atoms with van der Waals surface area (Å²) in [7, 11) is 0. The maximum Gasteiger partial charge on any atom is 0.120 e. The third-order valence-electron chi connectivity index (χ3n) is 4.14. The van der Waals surface area contributed by atoms with Gasteiger partial charge in [0, 0.05) is 6.42 Å². The molecule has 0 radical (unpaired) electrons. The second kappa shape index (κ2) is 6.04. The fourth-order valence-corrected chi connectivity index (χ4v) is 2.67. The van der Waals surface area contributed by atoms with Crippen molar-refractivity contribution in [3.05, 3.63) is 54.1 Å². The van der Waals surface area contributed by atoms with Crippen LogP contribution in [0.25, 0.3) is 16.3 Å². The highest BCUT2D eigenvalue weighted by molar-refractivity contribution is 5.93. The van der Waals surface area contributed by atoms with Gasteiger partial charge in [-0.3, -0.25) is 0 Å². The molecule has 0 bridgehead atoms. The second-order valence-electron chi connectivity index (χ2n) is 5.73. The molecule has 0 saturated heterocycles. The van der Waals surface area contributed by atoms with Gasteiger partial charge in [0.25, 0.3) is 0 Å². The number of hydrogen-bond donors (Lipinski definition) is 0. The molecule has 0 aliphatic heterocycles. The zero-order valence-electron chi connectivity index (χ0n) is 12.5. The topological polar surface area (TPSA) is 17.1 Å². The third kappa shape index (κ3) is 2.98. The first-order valence-corrected chi connectivity index (χ1v) is 7.21. The van der Waals surface area contributed by atoms with E-state index in [0.29, 0.717) is 6.42 Å². The lowest BCUT2D eigenvalue weighted by molar-refractivity contribution is -0.109. The minimum atomic E-state index is -0.0528. The molecule has 1 nitrogen and oxygen atoms in total. The van der Waals surface area contributed by atoms with E-state index in [1.54, 1.807) is 0 Å². The Morgan fingerprint density at radius 3 is 2.55 bits per heavy atom. The van der Waals surface area contributed by atoms with Crippen LogP contribution in [0.5, 0.6) is 0 Å². The summed E-state index contributed by atoms with van der Waals surface area (Å²) in [5, 5.41) is 2.53. The van der Waals surface area contributed by atoms with E-state index in [0.717, 1.165) is 12.7 Å². The molecule has 0 N–H and O–H groups in total. The number of aldehydes is 1. The van der Waals surface area contributed by atoms with E-state index in [-0.39, 0.29) is 5.41 Å². The van der Waals surface area contributed by atoms with Crippen LogP contribution in [0.2, 0.25) is 0 Å². The molecule has 0 aliphatic carbocycles. The van der Waals surface area contributed by atoms with Gasteiger partial charge in [-0.15, -0.1) is 0 Å². The largest absolute Gasteiger partial charge is 0.303 e. The van der Waals surface area contributed by atoms with Gasteiger partial charge < -0.3 is 4.79 Å². The molecule has 0 heterocycles. The standard InChI is InChI=1S/C19H22O/c1-4-19(3,12-13-20)14-15(2)17-11-7-9-16-8-5-6-10-18(16)17/h5-11,13-14H,4,12H2,1-3H3/b15-14-/t19-/m0/s1. The SMILES string of the molecule is CC[C@](C)(/C=C(/C)c1cccc2ccccc12)CC=O. The van der Waals surface area contributed by atoms with Crippen molar-refractivity contribution < 1.29 is 4.79 Å². The molecule has 0 amide bonds. The molecular formula is C19H22O. The predicted octanol–water partition coefficient (Wildman–Crippen LogP) is 5.25. The average Bonchev–Trinajstić information content (AvgIpc) is 2.46. The van der Waals surface area contributed by atoms with E-state index in [2.05, 4.69) is 69.3 Å². The van der Waals surface area contributed by atoms with Gasteiger partial charge in [-0.1, -0.05) is 62.4 Å². The number of benzene rings is 2. The first-order chi connectivity index (χ1) is 9.59. The summed E-state index contributed by atoms with van der Waals surface area (Å²) in [6.45, 7) is 6.42. The normalized spacial score (nSPS) is 15.1. The second-order valence-corrected chi connectivity index (χ2v) is 5.73. The number of rotatable bonds is 5. The van der Waals surface area contributed by atoms with Crippen LogP contribution in [-0.2, 0) is 4.79 Å². The molecule has 0 aromatic heterocycles. The van der Waals surface area contributed by atoms with Crippen molar-refractivity contribution in [2.75, 3.05) is 0 Å². The van der Waals surface area contributed by atoms with E-state index in [1.165, 1.54) is 21.9 Å². The maximum atomic E-state index is 10.9. The van der Waals surface area contributed by atoms with Crippen molar-refractivity contribution in [3.8, 4) is 0 Å². The number of fused-ring (bicyclic) bond motifs is 1. The highest BCUT2D eigenvalue weighted by Crippen LogP contribution is 2.32. The van der Waals surface area contributed by atoms with Crippen molar-refractivity contribution in [2.45, 2.75) is 33.6 Å². The van der Waals surface area contributed by atoms with Crippen LogP contribution < -0.4 is 0 Å². The van der Waals surface area contributed by atoms with Gasteiger partial charge >= 0.3 is 0 Å². The summed E-state index contributed by atoms with van der Waals surface area (Å²) < 4.78 is 0. The van der Waals surface area contributed by atoms with Gasteiger partial charge in [-0.05, 0) is 40.7 Å². The molecule has 2 rings (SSSR count). The zero-order chi connectivity index (χ0) is 14.6. The van der Waals surface area contributed by atoms with Gasteiger partial charge in [0.2, 0.25) is 0 Å². The van der Waals surface area contributed by atoms with E-state index >= 15 is 0 Å². The first kappa shape index (κ1) is 14.5. The summed E-state index contributed by atoms with van der Waals surface area (Å²) in [5.74, 6) is 0. The third-order valence-corrected chi connectivity index (χ3v) is 4.14. The van der Waals surface area contributed by atoms with Gasteiger partial charge in [0.05, 0.1) is 0 Å². The van der Waals surface area contributed by atoms with Crippen LogP contribution in [0, 0.1) is 5.41 Å². The van der Waals surface area contributed by atoms with Crippen LogP contribution in [0.1, 0.15) is 39.2 Å². The molecule has 0 unspecified atom stereocenters. The summed E-state index contributed by atoms with van der Waals surface area (Å²) in [6, 6.07) is 14.8. The molecule has 0 spiro atoms. The summed E-state index contributed by atoms with van der Waals surface area (Å²) in [4.78, 5) is 10.9. The maximum absolute atomic E-state index is 10.9. The number of carbonyl (C=O) groups excluding carboxylic acids is 1. The van der Waals surface area contributed by atoms with Crippen molar-refractivity contribution >= 4 is 22.6 Å². The Morgan fingerprint density at radius 1 is 1.15 bits per heavy atom. The number of allylic oxidation sites excluding steroid dienone is 2. The summed E-state index contributed by atoms with van der Waals surface area (Å²) in [5.41, 5.74) is 2.45. The van der Waals surface area contributed by atoms with Crippen molar-refractivity contribution in [1.82, 2.24) is 0 Å². The molecule has 1 heteroatoms. The van der Waals surface area contributed by atoms with Crippen LogP contribution in [0.3, 0.4) is 0 Å². The Balaban J connectivity index is 2.50. The van der Waals surface area contributed by atoms with Crippen molar-refractivity contribution in [2.24, 2.45) is 5.41 Å². The van der Waals surface area contributed by atoms with Crippen LogP contribution in [0.15, 0.2) is 48.5 Å². The van der Waals surface area contributed by atoms with Gasteiger partial charge in [-0.2, -0.15) is 0 Å². The molecule has 0 saturated carbocycles. The van der Waals surface area contributed by atoms with Gasteiger partial charge in [0.1, 0.15) is 6.29 Å². The Labute approximate surface area is 121 Å². The van der Waals surface area contributed by atoms with E-state index in [9.17, 15) is 4.79 Å².